The lowest BCUT2D eigenvalue weighted by atomic mass is 10.2. The van der Waals surface area contributed by atoms with Gasteiger partial charge in [-0.05, 0) is 37.6 Å². The fraction of sp³-hybridized carbons (Fsp3) is 0.308. The first-order valence-corrected chi connectivity index (χ1v) is 6.35. The molecule has 0 aromatic heterocycles. The SMILES string of the molecule is CC(=O)C=CCCSc1cccc(C(F)(F)F)c1. The van der Waals surface area contributed by atoms with E-state index in [0.717, 1.165) is 12.1 Å². The van der Waals surface area contributed by atoms with Crippen molar-refractivity contribution in [3.8, 4) is 0 Å². The number of thioether (sulfide) groups is 1. The zero-order valence-corrected chi connectivity index (χ0v) is 10.6. The van der Waals surface area contributed by atoms with Gasteiger partial charge in [-0.1, -0.05) is 12.1 Å². The molecule has 0 fully saturated rings. The zero-order chi connectivity index (χ0) is 13.6. The minimum atomic E-state index is -4.30. The van der Waals surface area contributed by atoms with E-state index in [9.17, 15) is 18.0 Å². The lowest BCUT2D eigenvalue weighted by molar-refractivity contribution is -0.137. The summed E-state index contributed by atoms with van der Waals surface area (Å²) in [5.74, 6) is 0.615. The Bertz CT molecular complexity index is 438. The van der Waals surface area contributed by atoms with Crippen LogP contribution in [0.1, 0.15) is 18.9 Å². The summed E-state index contributed by atoms with van der Waals surface area (Å²) in [4.78, 5) is 11.2. The molecular weight excluding hydrogens is 261 g/mol. The molecule has 0 saturated carbocycles. The van der Waals surface area contributed by atoms with Crippen molar-refractivity contribution >= 4 is 17.5 Å². The van der Waals surface area contributed by atoms with Crippen molar-refractivity contribution in [2.45, 2.75) is 24.4 Å². The smallest absolute Gasteiger partial charge is 0.295 e. The Kier molecular flexibility index (Phi) is 5.47. The number of halogens is 3. The molecule has 0 N–H and O–H groups in total. The molecule has 0 amide bonds. The Morgan fingerprint density at radius 3 is 2.72 bits per heavy atom. The Hall–Kier alpha value is -1.23. The third kappa shape index (κ3) is 5.40. The van der Waals surface area contributed by atoms with Gasteiger partial charge in [0.15, 0.2) is 5.78 Å². The lowest BCUT2D eigenvalue weighted by Crippen LogP contribution is -2.04. The van der Waals surface area contributed by atoms with Crippen LogP contribution < -0.4 is 0 Å². The molecule has 1 aromatic carbocycles. The molecule has 1 rings (SSSR count). The van der Waals surface area contributed by atoms with Crippen LogP contribution >= 0.6 is 11.8 Å². The molecule has 98 valence electrons. The van der Waals surface area contributed by atoms with Crippen molar-refractivity contribution in [1.29, 1.82) is 0 Å². The second-order valence-electron chi connectivity index (χ2n) is 3.68. The summed E-state index contributed by atoms with van der Waals surface area (Å²) in [6.45, 7) is 1.45. The molecule has 18 heavy (non-hydrogen) atoms. The Labute approximate surface area is 108 Å². The van der Waals surface area contributed by atoms with Gasteiger partial charge in [0.1, 0.15) is 0 Å². The summed E-state index contributed by atoms with van der Waals surface area (Å²) in [7, 11) is 0. The van der Waals surface area contributed by atoms with Crippen molar-refractivity contribution in [3.05, 3.63) is 42.0 Å². The summed E-state index contributed by atoms with van der Waals surface area (Å²) in [5, 5.41) is 0. The van der Waals surface area contributed by atoms with Gasteiger partial charge in [0.2, 0.25) is 0 Å². The maximum Gasteiger partial charge on any atom is 0.416 e. The molecule has 0 atom stereocenters. The van der Waals surface area contributed by atoms with Crippen LogP contribution in [0.15, 0.2) is 41.3 Å². The number of allylic oxidation sites excluding steroid dienone is 2. The van der Waals surface area contributed by atoms with Crippen LogP contribution in [0.5, 0.6) is 0 Å². The summed E-state index contributed by atoms with van der Waals surface area (Å²) >= 11 is 1.34. The Morgan fingerprint density at radius 1 is 1.39 bits per heavy atom. The largest absolute Gasteiger partial charge is 0.416 e. The first-order valence-electron chi connectivity index (χ1n) is 5.37. The van der Waals surface area contributed by atoms with E-state index in [1.165, 1.54) is 30.8 Å². The van der Waals surface area contributed by atoms with Crippen molar-refractivity contribution in [3.63, 3.8) is 0 Å². The topological polar surface area (TPSA) is 17.1 Å². The van der Waals surface area contributed by atoms with Crippen LogP contribution in [0.2, 0.25) is 0 Å². The number of alkyl halides is 3. The maximum absolute atomic E-state index is 12.4. The van der Waals surface area contributed by atoms with E-state index in [2.05, 4.69) is 0 Å². The Balaban J connectivity index is 2.51. The van der Waals surface area contributed by atoms with Crippen molar-refractivity contribution in [2.24, 2.45) is 0 Å². The van der Waals surface area contributed by atoms with Gasteiger partial charge < -0.3 is 0 Å². The number of hydrogen-bond donors (Lipinski definition) is 0. The van der Waals surface area contributed by atoms with Gasteiger partial charge in [0.25, 0.3) is 0 Å². The number of carbonyl (C=O) groups excluding carboxylic acids is 1. The van der Waals surface area contributed by atoms with Gasteiger partial charge in [-0.15, -0.1) is 11.8 Å². The number of carbonyl (C=O) groups is 1. The highest BCUT2D eigenvalue weighted by Crippen LogP contribution is 2.31. The van der Waals surface area contributed by atoms with E-state index in [-0.39, 0.29) is 5.78 Å². The van der Waals surface area contributed by atoms with Gasteiger partial charge in [-0.2, -0.15) is 13.2 Å². The van der Waals surface area contributed by atoms with Crippen molar-refractivity contribution < 1.29 is 18.0 Å². The van der Waals surface area contributed by atoms with E-state index in [0.29, 0.717) is 17.1 Å². The minimum Gasteiger partial charge on any atom is -0.295 e. The van der Waals surface area contributed by atoms with Gasteiger partial charge >= 0.3 is 6.18 Å². The van der Waals surface area contributed by atoms with E-state index in [1.54, 1.807) is 12.1 Å². The molecule has 0 bridgehead atoms. The summed E-state index contributed by atoms with van der Waals surface area (Å²) in [5.41, 5.74) is -0.633. The average Bonchev–Trinajstić information content (AvgIpc) is 2.27. The highest BCUT2D eigenvalue weighted by molar-refractivity contribution is 7.99. The first-order chi connectivity index (χ1) is 8.39. The summed E-state index contributed by atoms with van der Waals surface area (Å²) in [6.07, 6.45) is -0.457. The lowest BCUT2D eigenvalue weighted by Gasteiger charge is -2.07. The van der Waals surface area contributed by atoms with E-state index >= 15 is 0 Å². The number of rotatable bonds is 5. The van der Waals surface area contributed by atoms with Gasteiger partial charge in [0, 0.05) is 10.6 Å². The Morgan fingerprint density at radius 2 is 2.11 bits per heavy atom. The van der Waals surface area contributed by atoms with Crippen LogP contribution in [0.4, 0.5) is 13.2 Å². The number of hydrogen-bond acceptors (Lipinski definition) is 2. The summed E-state index contributed by atoms with van der Waals surface area (Å²) in [6, 6.07) is 5.24. The molecular formula is C13H13F3OS. The molecule has 0 spiro atoms. The fourth-order valence-corrected chi connectivity index (χ4v) is 2.13. The molecule has 1 nitrogen and oxygen atoms in total. The van der Waals surface area contributed by atoms with Crippen molar-refractivity contribution in [2.75, 3.05) is 5.75 Å². The van der Waals surface area contributed by atoms with Gasteiger partial charge in [0.05, 0.1) is 5.56 Å². The molecule has 0 heterocycles. The molecule has 0 aliphatic carbocycles. The highest BCUT2D eigenvalue weighted by atomic mass is 32.2. The second-order valence-corrected chi connectivity index (χ2v) is 4.84. The van der Waals surface area contributed by atoms with E-state index in [4.69, 9.17) is 0 Å². The monoisotopic (exact) mass is 274 g/mol. The van der Waals surface area contributed by atoms with Crippen LogP contribution in [-0.4, -0.2) is 11.5 Å². The molecule has 0 unspecified atom stereocenters. The molecule has 1 aromatic rings. The predicted octanol–water partition coefficient (Wildman–Crippen LogP) is 4.33. The fourth-order valence-electron chi connectivity index (χ4n) is 1.26. The number of benzene rings is 1. The quantitative estimate of drug-likeness (QED) is 0.451. The van der Waals surface area contributed by atoms with Gasteiger partial charge in [-0.3, -0.25) is 4.79 Å². The molecule has 0 radical (unpaired) electrons. The van der Waals surface area contributed by atoms with Crippen LogP contribution in [-0.2, 0) is 11.0 Å². The highest BCUT2D eigenvalue weighted by Gasteiger charge is 2.30. The molecule has 0 aliphatic rings. The third-order valence-corrected chi connectivity index (χ3v) is 3.09. The molecule has 0 saturated heterocycles. The van der Waals surface area contributed by atoms with Crippen LogP contribution in [0.3, 0.4) is 0 Å². The molecule has 0 aliphatic heterocycles. The van der Waals surface area contributed by atoms with Crippen LogP contribution in [0.25, 0.3) is 0 Å². The maximum atomic E-state index is 12.4. The second kappa shape index (κ2) is 6.64. The zero-order valence-electron chi connectivity index (χ0n) is 9.83. The predicted molar refractivity (Wildman–Crippen MR) is 66.6 cm³/mol. The minimum absolute atomic E-state index is 0.0286. The normalized spacial score (nSPS) is 12.0. The third-order valence-electron chi connectivity index (χ3n) is 2.07. The standard InChI is InChI=1S/C13H13F3OS/c1-10(17)5-2-3-8-18-12-7-4-6-11(9-12)13(14,15)16/h2,4-7,9H,3,8H2,1H3. The number of ketones is 1. The van der Waals surface area contributed by atoms with Crippen molar-refractivity contribution in [1.82, 2.24) is 0 Å². The van der Waals surface area contributed by atoms with E-state index in [1.807, 2.05) is 0 Å². The van der Waals surface area contributed by atoms with E-state index < -0.39 is 11.7 Å². The van der Waals surface area contributed by atoms with Crippen LogP contribution in [0, 0.1) is 0 Å². The van der Waals surface area contributed by atoms with Gasteiger partial charge in [-0.25, -0.2) is 0 Å². The molecule has 5 heteroatoms. The first kappa shape index (κ1) is 14.8. The summed E-state index contributed by atoms with van der Waals surface area (Å²) < 4.78 is 37.3. The average molecular weight is 274 g/mol.